The molecule has 1 aliphatic rings. The molecule has 0 saturated carbocycles. The second-order valence-corrected chi connectivity index (χ2v) is 4.34. The first-order chi connectivity index (χ1) is 10.1. The van der Waals surface area contributed by atoms with Crippen LogP contribution < -0.4 is 10.1 Å². The smallest absolute Gasteiger partial charge is 0.337 e. The Balaban J connectivity index is 2.03. The van der Waals surface area contributed by atoms with Crippen LogP contribution in [0.3, 0.4) is 0 Å². The summed E-state index contributed by atoms with van der Waals surface area (Å²) in [6.07, 6.45) is 0. The summed E-state index contributed by atoms with van der Waals surface area (Å²) >= 11 is 0. The normalized spacial score (nSPS) is 17.3. The number of benzene rings is 1. The molecule has 2 heterocycles. The number of hydrogen-bond acceptors (Lipinski definition) is 5. The molecule has 1 unspecified atom stereocenters. The summed E-state index contributed by atoms with van der Waals surface area (Å²) < 4.78 is 19.8. The van der Waals surface area contributed by atoms with Crippen molar-refractivity contribution >= 4 is 17.8 Å². The zero-order valence-electron chi connectivity index (χ0n) is 11.0. The van der Waals surface area contributed by atoms with Crippen molar-refractivity contribution in [2.45, 2.75) is 12.8 Å². The molecule has 0 spiro atoms. The maximum absolute atomic E-state index is 13.8. The Morgan fingerprint density at radius 3 is 2.86 bits per heavy atom. The van der Waals surface area contributed by atoms with E-state index in [1.807, 2.05) is 0 Å². The minimum Gasteiger partial charge on any atom is -0.463 e. The minimum absolute atomic E-state index is 0.000824. The summed E-state index contributed by atoms with van der Waals surface area (Å²) in [5, 5.41) is 6.29. The number of ether oxygens (including phenoxy) is 1. The first kappa shape index (κ1) is 13.2. The number of aromatic nitrogens is 3. The van der Waals surface area contributed by atoms with Gasteiger partial charge in [-0.3, -0.25) is 14.9 Å². The molecule has 0 aliphatic carbocycles. The molecule has 1 atom stereocenters. The van der Waals surface area contributed by atoms with Crippen molar-refractivity contribution in [2.24, 2.45) is 0 Å². The summed E-state index contributed by atoms with van der Waals surface area (Å²) in [6, 6.07) is 5.61. The Morgan fingerprint density at radius 1 is 1.38 bits per heavy atom. The average molecular weight is 290 g/mol. The van der Waals surface area contributed by atoms with E-state index < -0.39 is 23.5 Å². The molecular weight excluding hydrogens is 279 g/mol. The first-order valence-corrected chi connectivity index (χ1v) is 6.31. The van der Waals surface area contributed by atoms with Gasteiger partial charge in [0, 0.05) is 5.56 Å². The minimum atomic E-state index is -1.30. The highest BCUT2D eigenvalue weighted by Crippen LogP contribution is 2.28. The third-order valence-electron chi connectivity index (χ3n) is 3.03. The van der Waals surface area contributed by atoms with Gasteiger partial charge in [0.05, 0.1) is 6.61 Å². The number of anilines is 1. The molecule has 3 rings (SSSR count). The number of amides is 1. The lowest BCUT2D eigenvalue weighted by atomic mass is 9.96. The van der Waals surface area contributed by atoms with Crippen molar-refractivity contribution < 1.29 is 18.7 Å². The van der Waals surface area contributed by atoms with Crippen LogP contribution in [0.15, 0.2) is 24.3 Å². The van der Waals surface area contributed by atoms with Crippen molar-refractivity contribution in [1.29, 1.82) is 0 Å². The fourth-order valence-electron chi connectivity index (χ4n) is 2.12. The van der Waals surface area contributed by atoms with E-state index in [9.17, 15) is 14.0 Å². The summed E-state index contributed by atoms with van der Waals surface area (Å²) in [6.45, 7) is 2.06. The molecule has 1 aromatic carbocycles. The first-order valence-electron chi connectivity index (χ1n) is 6.31. The molecule has 21 heavy (non-hydrogen) atoms. The molecule has 7 nitrogen and oxygen atoms in total. The second kappa shape index (κ2) is 4.97. The summed E-state index contributed by atoms with van der Waals surface area (Å²) in [5.74, 6) is -3.26. The Labute approximate surface area is 118 Å². The number of nitrogens with one attached hydrogen (secondary N) is 1. The van der Waals surface area contributed by atoms with Gasteiger partial charge in [0.2, 0.25) is 11.9 Å². The highest BCUT2D eigenvalue weighted by Gasteiger charge is 2.39. The van der Waals surface area contributed by atoms with Crippen LogP contribution in [-0.2, 0) is 4.79 Å². The SMILES string of the molecule is CCOc1nc2n(n1)C(=O)C(c1ccccc1F)C(=O)N2. The van der Waals surface area contributed by atoms with Gasteiger partial charge >= 0.3 is 6.01 Å². The number of fused-ring (bicyclic) bond motifs is 1. The van der Waals surface area contributed by atoms with Crippen LogP contribution in [0.1, 0.15) is 23.2 Å². The Bertz CT molecular complexity index is 728. The number of halogens is 1. The predicted octanol–water partition coefficient (Wildman–Crippen LogP) is 1.19. The lowest BCUT2D eigenvalue weighted by Gasteiger charge is -2.20. The van der Waals surface area contributed by atoms with E-state index >= 15 is 0 Å². The van der Waals surface area contributed by atoms with Crippen LogP contribution in [0.5, 0.6) is 6.01 Å². The van der Waals surface area contributed by atoms with Crippen molar-refractivity contribution in [3.05, 3.63) is 35.6 Å². The number of nitrogens with zero attached hydrogens (tertiary/aromatic N) is 3. The van der Waals surface area contributed by atoms with Crippen LogP contribution in [0.2, 0.25) is 0 Å². The monoisotopic (exact) mass is 290 g/mol. The van der Waals surface area contributed by atoms with Gasteiger partial charge in [0.1, 0.15) is 11.7 Å². The van der Waals surface area contributed by atoms with E-state index in [4.69, 9.17) is 4.74 Å². The zero-order valence-corrected chi connectivity index (χ0v) is 11.0. The molecule has 2 aromatic rings. The quantitative estimate of drug-likeness (QED) is 0.858. The largest absolute Gasteiger partial charge is 0.463 e. The van der Waals surface area contributed by atoms with Gasteiger partial charge in [0.25, 0.3) is 5.91 Å². The lowest BCUT2D eigenvalue weighted by molar-refractivity contribution is -0.117. The van der Waals surface area contributed by atoms with E-state index in [0.717, 1.165) is 4.68 Å². The highest BCUT2D eigenvalue weighted by molar-refractivity contribution is 6.15. The maximum Gasteiger partial charge on any atom is 0.337 e. The molecule has 1 aromatic heterocycles. The third kappa shape index (κ3) is 2.14. The Kier molecular flexibility index (Phi) is 3.13. The van der Waals surface area contributed by atoms with Gasteiger partial charge in [-0.15, -0.1) is 5.10 Å². The summed E-state index contributed by atoms with van der Waals surface area (Å²) in [4.78, 5) is 28.3. The fourth-order valence-corrected chi connectivity index (χ4v) is 2.12. The molecule has 108 valence electrons. The lowest BCUT2D eigenvalue weighted by Crippen LogP contribution is -2.38. The van der Waals surface area contributed by atoms with Crippen LogP contribution in [-0.4, -0.2) is 33.2 Å². The molecule has 1 amide bonds. The molecule has 1 aliphatic heterocycles. The van der Waals surface area contributed by atoms with Crippen LogP contribution in [0, 0.1) is 5.82 Å². The topological polar surface area (TPSA) is 86.1 Å². The van der Waals surface area contributed by atoms with E-state index in [0.29, 0.717) is 6.61 Å². The van der Waals surface area contributed by atoms with Crippen molar-refractivity contribution in [3.63, 3.8) is 0 Å². The maximum atomic E-state index is 13.8. The number of rotatable bonds is 3. The van der Waals surface area contributed by atoms with Gasteiger partial charge in [0.15, 0.2) is 0 Å². The molecule has 0 saturated heterocycles. The summed E-state index contributed by atoms with van der Waals surface area (Å²) in [5.41, 5.74) is -0.000824. The van der Waals surface area contributed by atoms with Gasteiger partial charge in [-0.05, 0) is 13.0 Å². The van der Waals surface area contributed by atoms with Gasteiger partial charge in [-0.1, -0.05) is 18.2 Å². The van der Waals surface area contributed by atoms with E-state index in [1.165, 1.54) is 18.2 Å². The number of carbonyl (C=O) groups excluding carboxylic acids is 2. The van der Waals surface area contributed by atoms with Crippen molar-refractivity contribution in [3.8, 4) is 6.01 Å². The zero-order chi connectivity index (χ0) is 15.0. The Morgan fingerprint density at radius 2 is 2.14 bits per heavy atom. The fraction of sp³-hybridized carbons (Fsp3) is 0.231. The van der Waals surface area contributed by atoms with E-state index in [2.05, 4.69) is 15.4 Å². The second-order valence-electron chi connectivity index (χ2n) is 4.34. The van der Waals surface area contributed by atoms with Gasteiger partial charge < -0.3 is 4.74 Å². The predicted molar refractivity (Wildman–Crippen MR) is 69.6 cm³/mol. The molecule has 0 fully saturated rings. The molecular formula is C13H11FN4O3. The van der Waals surface area contributed by atoms with Gasteiger partial charge in [-0.25, -0.2) is 4.39 Å². The molecule has 8 heteroatoms. The highest BCUT2D eigenvalue weighted by atomic mass is 19.1. The molecule has 0 radical (unpaired) electrons. The van der Waals surface area contributed by atoms with Crippen LogP contribution in [0.4, 0.5) is 10.3 Å². The van der Waals surface area contributed by atoms with E-state index in [-0.39, 0.29) is 17.5 Å². The van der Waals surface area contributed by atoms with Crippen molar-refractivity contribution in [1.82, 2.24) is 14.8 Å². The molecule has 0 bridgehead atoms. The van der Waals surface area contributed by atoms with Crippen LogP contribution in [0.25, 0.3) is 0 Å². The summed E-state index contributed by atoms with van der Waals surface area (Å²) in [7, 11) is 0. The van der Waals surface area contributed by atoms with Crippen molar-refractivity contribution in [2.75, 3.05) is 11.9 Å². The Hall–Kier alpha value is -2.77. The van der Waals surface area contributed by atoms with Crippen LogP contribution >= 0.6 is 0 Å². The number of hydrogen-bond donors (Lipinski definition) is 1. The van der Waals surface area contributed by atoms with E-state index in [1.54, 1.807) is 13.0 Å². The standard InChI is InChI=1S/C13H11FN4O3/c1-2-21-13-16-12-15-10(19)9(11(20)18(12)17-13)7-5-3-4-6-8(7)14/h3-6,9H,2H2,1H3,(H,15,16,17,19). The van der Waals surface area contributed by atoms with Gasteiger partial charge in [-0.2, -0.15) is 9.67 Å². The third-order valence-corrected chi connectivity index (χ3v) is 3.03. The average Bonchev–Trinajstić information content (AvgIpc) is 2.84. The molecule has 1 N–H and O–H groups in total. The number of carbonyl (C=O) groups is 2.